The van der Waals surface area contributed by atoms with E-state index in [9.17, 15) is 4.79 Å². The number of ether oxygens (including phenoxy) is 1. The highest BCUT2D eigenvalue weighted by molar-refractivity contribution is 5.68. The molecular formula is C15H28N2O2. The van der Waals surface area contributed by atoms with Crippen molar-refractivity contribution in [1.29, 1.82) is 0 Å². The van der Waals surface area contributed by atoms with Gasteiger partial charge in [0.05, 0.1) is 0 Å². The van der Waals surface area contributed by atoms with Crippen molar-refractivity contribution in [2.24, 2.45) is 5.41 Å². The highest BCUT2D eigenvalue weighted by Crippen LogP contribution is 2.43. The second kappa shape index (κ2) is 5.31. The number of likely N-dealkylation sites (tertiary alicyclic amines) is 1. The predicted molar refractivity (Wildman–Crippen MR) is 76.2 cm³/mol. The molecule has 0 radical (unpaired) electrons. The van der Waals surface area contributed by atoms with Gasteiger partial charge in [0.25, 0.3) is 0 Å². The van der Waals surface area contributed by atoms with Gasteiger partial charge in [0, 0.05) is 19.1 Å². The molecule has 2 fully saturated rings. The van der Waals surface area contributed by atoms with E-state index in [0.29, 0.717) is 11.5 Å². The lowest BCUT2D eigenvalue weighted by atomic mass is 9.72. The van der Waals surface area contributed by atoms with Crippen LogP contribution in [-0.2, 0) is 4.74 Å². The number of carbonyl (C=O) groups is 1. The predicted octanol–water partition coefficient (Wildman–Crippen LogP) is 2.78. The maximum Gasteiger partial charge on any atom is 0.410 e. The minimum atomic E-state index is -0.392. The zero-order valence-corrected chi connectivity index (χ0v) is 12.8. The van der Waals surface area contributed by atoms with Gasteiger partial charge in [-0.25, -0.2) is 4.79 Å². The molecule has 0 aromatic heterocycles. The van der Waals surface area contributed by atoms with Gasteiger partial charge in [-0.3, -0.25) is 0 Å². The van der Waals surface area contributed by atoms with E-state index < -0.39 is 5.60 Å². The molecule has 1 amide bonds. The topological polar surface area (TPSA) is 41.6 Å². The number of nitrogens with zero attached hydrogens (tertiary/aromatic N) is 1. The first-order valence-electron chi connectivity index (χ1n) is 7.49. The molecule has 1 saturated heterocycles. The molecule has 1 N–H and O–H groups in total. The Morgan fingerprint density at radius 1 is 1.26 bits per heavy atom. The van der Waals surface area contributed by atoms with Gasteiger partial charge in [-0.1, -0.05) is 0 Å². The van der Waals surface area contributed by atoms with E-state index in [2.05, 4.69) is 5.32 Å². The average molecular weight is 268 g/mol. The molecule has 1 saturated carbocycles. The zero-order chi connectivity index (χ0) is 14.1. The molecule has 110 valence electrons. The van der Waals surface area contributed by atoms with Gasteiger partial charge in [-0.15, -0.1) is 0 Å². The summed E-state index contributed by atoms with van der Waals surface area (Å²) in [6.45, 7) is 7.52. The summed E-state index contributed by atoms with van der Waals surface area (Å²) in [5, 5.41) is 3.37. The molecule has 2 aliphatic rings. The molecule has 1 aliphatic heterocycles. The first kappa shape index (κ1) is 14.6. The molecular weight excluding hydrogens is 240 g/mol. The number of hydrogen-bond donors (Lipinski definition) is 1. The van der Waals surface area contributed by atoms with Crippen LogP contribution in [0.2, 0.25) is 0 Å². The van der Waals surface area contributed by atoms with Crippen LogP contribution in [0.15, 0.2) is 0 Å². The average Bonchev–Trinajstić information content (AvgIpc) is 2.73. The van der Waals surface area contributed by atoms with Crippen molar-refractivity contribution in [2.45, 2.75) is 64.5 Å². The minimum absolute atomic E-state index is 0.139. The van der Waals surface area contributed by atoms with Gasteiger partial charge in [0.15, 0.2) is 0 Å². The summed E-state index contributed by atoms with van der Waals surface area (Å²) in [6.07, 6.45) is 5.94. The van der Waals surface area contributed by atoms with Crippen molar-refractivity contribution >= 4 is 6.09 Å². The van der Waals surface area contributed by atoms with Crippen LogP contribution in [0.4, 0.5) is 4.79 Å². The first-order chi connectivity index (χ1) is 8.84. The summed E-state index contributed by atoms with van der Waals surface area (Å²) < 4.78 is 5.47. The maximum absolute atomic E-state index is 12.1. The van der Waals surface area contributed by atoms with Crippen LogP contribution in [0.25, 0.3) is 0 Å². The third-order valence-electron chi connectivity index (χ3n) is 4.54. The van der Waals surface area contributed by atoms with Crippen LogP contribution in [0.3, 0.4) is 0 Å². The molecule has 2 rings (SSSR count). The Balaban J connectivity index is 1.88. The molecule has 0 bridgehead atoms. The smallest absolute Gasteiger partial charge is 0.410 e. The fourth-order valence-electron chi connectivity index (χ4n) is 3.34. The molecule has 0 aromatic carbocycles. The Kier molecular flexibility index (Phi) is 4.09. The van der Waals surface area contributed by atoms with Crippen LogP contribution in [0.1, 0.15) is 52.9 Å². The van der Waals surface area contributed by atoms with Crippen LogP contribution in [-0.4, -0.2) is 42.8 Å². The van der Waals surface area contributed by atoms with E-state index in [4.69, 9.17) is 4.74 Å². The Morgan fingerprint density at radius 2 is 1.89 bits per heavy atom. The molecule has 4 nitrogen and oxygen atoms in total. The summed E-state index contributed by atoms with van der Waals surface area (Å²) in [5.74, 6) is 0. The SMILES string of the molecule is CNC1CCC2(CC1)CCN(C(=O)OC(C)(C)C)C2. The number of amides is 1. The van der Waals surface area contributed by atoms with Crippen LogP contribution in [0.5, 0.6) is 0 Å². The standard InChI is InChI=1S/C15H28N2O2/c1-14(2,3)19-13(18)17-10-9-15(11-17)7-5-12(16-4)6-8-15/h12,16H,5-11H2,1-4H3. The molecule has 1 heterocycles. The lowest BCUT2D eigenvalue weighted by Crippen LogP contribution is -2.40. The van der Waals surface area contributed by atoms with Gasteiger partial charge in [-0.2, -0.15) is 0 Å². The van der Waals surface area contributed by atoms with Crippen molar-refractivity contribution in [3.05, 3.63) is 0 Å². The Morgan fingerprint density at radius 3 is 2.42 bits per heavy atom. The first-order valence-corrected chi connectivity index (χ1v) is 7.49. The molecule has 0 unspecified atom stereocenters. The number of carbonyl (C=O) groups excluding carboxylic acids is 1. The number of nitrogens with one attached hydrogen (secondary N) is 1. The van der Waals surface area contributed by atoms with E-state index >= 15 is 0 Å². The van der Waals surface area contributed by atoms with Crippen LogP contribution < -0.4 is 5.32 Å². The third-order valence-corrected chi connectivity index (χ3v) is 4.54. The van der Waals surface area contributed by atoms with E-state index in [0.717, 1.165) is 19.5 Å². The van der Waals surface area contributed by atoms with Gasteiger partial charge < -0.3 is 15.0 Å². The lowest BCUT2D eigenvalue weighted by molar-refractivity contribution is 0.0260. The highest BCUT2D eigenvalue weighted by atomic mass is 16.6. The molecule has 0 atom stereocenters. The normalized spacial score (nSPS) is 31.8. The number of hydrogen-bond acceptors (Lipinski definition) is 3. The largest absolute Gasteiger partial charge is 0.444 e. The second-order valence-corrected chi connectivity index (χ2v) is 7.21. The van der Waals surface area contributed by atoms with E-state index in [1.54, 1.807) is 0 Å². The zero-order valence-electron chi connectivity index (χ0n) is 12.8. The van der Waals surface area contributed by atoms with Crippen LogP contribution >= 0.6 is 0 Å². The molecule has 1 spiro atoms. The van der Waals surface area contributed by atoms with Crippen molar-refractivity contribution < 1.29 is 9.53 Å². The van der Waals surface area contributed by atoms with Crippen LogP contribution in [0, 0.1) is 5.41 Å². The summed E-state index contributed by atoms with van der Waals surface area (Å²) in [4.78, 5) is 14.0. The highest BCUT2D eigenvalue weighted by Gasteiger charge is 2.43. The molecule has 19 heavy (non-hydrogen) atoms. The summed E-state index contributed by atoms with van der Waals surface area (Å²) in [5.41, 5.74) is -0.0269. The summed E-state index contributed by atoms with van der Waals surface area (Å²) in [6, 6.07) is 0.668. The van der Waals surface area contributed by atoms with Gasteiger partial charge >= 0.3 is 6.09 Å². The van der Waals surface area contributed by atoms with Gasteiger partial charge in [0.1, 0.15) is 5.60 Å². The Bertz CT molecular complexity index is 328. The Labute approximate surface area is 116 Å². The summed E-state index contributed by atoms with van der Waals surface area (Å²) in [7, 11) is 2.05. The van der Waals surface area contributed by atoms with Crippen molar-refractivity contribution in [1.82, 2.24) is 10.2 Å². The third kappa shape index (κ3) is 3.62. The number of rotatable bonds is 1. The Hall–Kier alpha value is -0.770. The minimum Gasteiger partial charge on any atom is -0.444 e. The van der Waals surface area contributed by atoms with E-state index in [1.165, 1.54) is 25.7 Å². The van der Waals surface area contributed by atoms with Gasteiger partial charge in [0.2, 0.25) is 0 Å². The lowest BCUT2D eigenvalue weighted by Gasteiger charge is -2.37. The molecule has 0 aromatic rings. The molecule has 1 aliphatic carbocycles. The molecule has 4 heteroatoms. The van der Waals surface area contributed by atoms with Crippen molar-refractivity contribution in [2.75, 3.05) is 20.1 Å². The van der Waals surface area contributed by atoms with Gasteiger partial charge in [-0.05, 0) is 65.3 Å². The fraction of sp³-hybridized carbons (Fsp3) is 0.933. The summed E-state index contributed by atoms with van der Waals surface area (Å²) >= 11 is 0. The van der Waals surface area contributed by atoms with E-state index in [1.807, 2.05) is 32.7 Å². The van der Waals surface area contributed by atoms with Crippen molar-refractivity contribution in [3.8, 4) is 0 Å². The quantitative estimate of drug-likeness (QED) is 0.795. The monoisotopic (exact) mass is 268 g/mol. The second-order valence-electron chi connectivity index (χ2n) is 7.21. The van der Waals surface area contributed by atoms with E-state index in [-0.39, 0.29) is 6.09 Å². The fourth-order valence-corrected chi connectivity index (χ4v) is 3.34. The van der Waals surface area contributed by atoms with Crippen molar-refractivity contribution in [3.63, 3.8) is 0 Å². The maximum atomic E-state index is 12.1.